The Morgan fingerprint density at radius 2 is 2.05 bits per heavy atom. The van der Waals surface area contributed by atoms with E-state index in [9.17, 15) is 0 Å². The van der Waals surface area contributed by atoms with Crippen LogP contribution in [-0.2, 0) is 0 Å². The van der Waals surface area contributed by atoms with E-state index in [1.165, 1.54) is 0 Å². The van der Waals surface area contributed by atoms with Crippen molar-refractivity contribution in [2.24, 2.45) is 0 Å². The number of benzene rings is 1. The van der Waals surface area contributed by atoms with Gasteiger partial charge in [-0.3, -0.25) is 0 Å². The first-order valence-electron chi connectivity index (χ1n) is 7.10. The Hall–Kier alpha value is -0.880. The monoisotopic (exact) mass is 415 g/mol. The zero-order valence-corrected chi connectivity index (χ0v) is 15.4. The molecule has 0 saturated heterocycles. The van der Waals surface area contributed by atoms with Gasteiger partial charge < -0.3 is 5.32 Å². The quantitative estimate of drug-likeness (QED) is 0.669. The van der Waals surface area contributed by atoms with E-state index in [-0.39, 0.29) is 0 Å². The molecule has 2 aromatic rings. The van der Waals surface area contributed by atoms with Crippen LogP contribution in [0.5, 0.6) is 0 Å². The molecule has 1 aromatic heterocycles. The van der Waals surface area contributed by atoms with Crippen LogP contribution in [-0.4, -0.2) is 16.5 Å². The molecule has 0 aliphatic carbocycles. The van der Waals surface area contributed by atoms with E-state index < -0.39 is 0 Å². The predicted octanol–water partition coefficient (Wildman–Crippen LogP) is 5.35. The van der Waals surface area contributed by atoms with Crippen LogP contribution < -0.4 is 5.32 Å². The van der Waals surface area contributed by atoms with Gasteiger partial charge in [0.05, 0.1) is 9.26 Å². The molecule has 112 valence electrons. The second-order valence-electron chi connectivity index (χ2n) is 5.19. The van der Waals surface area contributed by atoms with Crippen molar-refractivity contribution in [1.82, 2.24) is 9.97 Å². The summed E-state index contributed by atoms with van der Waals surface area (Å²) >= 11 is 8.40. The number of nitrogens with one attached hydrogen (secondary N) is 1. The molecule has 0 radical (unpaired) electrons. The Bertz CT molecular complexity index is 629. The van der Waals surface area contributed by atoms with Crippen LogP contribution in [0.3, 0.4) is 0 Å². The predicted molar refractivity (Wildman–Crippen MR) is 98.1 cm³/mol. The van der Waals surface area contributed by atoms with Crippen molar-refractivity contribution in [1.29, 1.82) is 0 Å². The lowest BCUT2D eigenvalue weighted by molar-refractivity contribution is 0.807. The number of rotatable bonds is 5. The van der Waals surface area contributed by atoms with Gasteiger partial charge in [0.2, 0.25) is 0 Å². The molecule has 0 saturated carbocycles. The first-order valence-corrected chi connectivity index (χ1v) is 8.55. The molecule has 0 aliphatic heterocycles. The first kappa shape index (κ1) is 16.5. The van der Waals surface area contributed by atoms with Crippen molar-refractivity contribution >= 4 is 40.0 Å². The van der Waals surface area contributed by atoms with E-state index in [1.807, 2.05) is 24.3 Å². The first-order chi connectivity index (χ1) is 10.0. The summed E-state index contributed by atoms with van der Waals surface area (Å²) in [7, 11) is 0. The molecule has 0 fully saturated rings. The lowest BCUT2D eigenvalue weighted by Gasteiger charge is -2.15. The van der Waals surface area contributed by atoms with Crippen LogP contribution in [0.1, 0.15) is 38.8 Å². The lowest BCUT2D eigenvalue weighted by Crippen LogP contribution is -2.10. The topological polar surface area (TPSA) is 37.8 Å². The maximum atomic E-state index is 6.08. The Kier molecular flexibility index (Phi) is 5.81. The molecular formula is C16H19ClIN3. The van der Waals surface area contributed by atoms with E-state index in [4.69, 9.17) is 16.6 Å². The fourth-order valence-corrected chi connectivity index (χ4v) is 3.21. The molecule has 0 spiro atoms. The Morgan fingerprint density at radius 3 is 2.67 bits per heavy atom. The molecule has 0 bridgehead atoms. The normalized spacial score (nSPS) is 11.0. The maximum Gasteiger partial charge on any atom is 0.161 e. The van der Waals surface area contributed by atoms with Crippen LogP contribution in [0.2, 0.25) is 5.02 Å². The highest BCUT2D eigenvalue weighted by atomic mass is 127. The van der Waals surface area contributed by atoms with E-state index >= 15 is 0 Å². The smallest absolute Gasteiger partial charge is 0.161 e. The summed E-state index contributed by atoms with van der Waals surface area (Å²) in [6, 6.07) is 7.67. The number of halogens is 2. The Balaban J connectivity index is 2.53. The van der Waals surface area contributed by atoms with Gasteiger partial charge >= 0.3 is 0 Å². The van der Waals surface area contributed by atoms with E-state index in [2.05, 4.69) is 53.7 Å². The summed E-state index contributed by atoms with van der Waals surface area (Å²) in [6.07, 6.45) is 1.06. The van der Waals surface area contributed by atoms with Crippen LogP contribution in [0.25, 0.3) is 11.4 Å². The number of hydrogen-bond donors (Lipinski definition) is 1. The third kappa shape index (κ3) is 4.07. The summed E-state index contributed by atoms with van der Waals surface area (Å²) < 4.78 is 1.10. The lowest BCUT2D eigenvalue weighted by atomic mass is 10.1. The molecule has 0 atom stereocenters. The molecular weight excluding hydrogens is 397 g/mol. The zero-order chi connectivity index (χ0) is 15.4. The number of hydrogen-bond acceptors (Lipinski definition) is 3. The van der Waals surface area contributed by atoms with Crippen LogP contribution in [0, 0.1) is 3.57 Å². The van der Waals surface area contributed by atoms with Crippen LogP contribution in [0.15, 0.2) is 24.3 Å². The average molecular weight is 416 g/mol. The molecule has 3 nitrogen and oxygen atoms in total. The third-order valence-corrected chi connectivity index (χ3v) is 4.35. The second-order valence-corrected chi connectivity index (χ2v) is 6.70. The van der Waals surface area contributed by atoms with Crippen molar-refractivity contribution in [2.45, 2.75) is 33.1 Å². The standard InChI is InChI=1S/C16H19ClIN3/c1-4-8-19-16-13(18)14(10(2)3)20-15(21-16)11-6-5-7-12(17)9-11/h5-7,9-10H,4,8H2,1-3H3,(H,19,20,21). The summed E-state index contributed by atoms with van der Waals surface area (Å²) in [4.78, 5) is 9.41. The van der Waals surface area contributed by atoms with Gasteiger partial charge in [-0.15, -0.1) is 0 Å². The van der Waals surface area contributed by atoms with Gasteiger partial charge in [-0.1, -0.05) is 44.5 Å². The van der Waals surface area contributed by atoms with Gasteiger partial charge in [-0.2, -0.15) is 0 Å². The van der Waals surface area contributed by atoms with E-state index in [1.54, 1.807) is 0 Å². The van der Waals surface area contributed by atoms with Gasteiger partial charge in [0.25, 0.3) is 0 Å². The van der Waals surface area contributed by atoms with Crippen LogP contribution >= 0.6 is 34.2 Å². The fourth-order valence-electron chi connectivity index (χ4n) is 1.96. The molecule has 5 heteroatoms. The molecule has 21 heavy (non-hydrogen) atoms. The highest BCUT2D eigenvalue weighted by molar-refractivity contribution is 14.1. The highest BCUT2D eigenvalue weighted by Gasteiger charge is 2.15. The Labute approximate surface area is 144 Å². The van der Waals surface area contributed by atoms with Crippen molar-refractivity contribution in [2.75, 3.05) is 11.9 Å². The molecule has 0 aliphatic rings. The van der Waals surface area contributed by atoms with Gasteiger partial charge in [-0.05, 0) is 47.1 Å². The van der Waals surface area contributed by atoms with Crippen molar-refractivity contribution in [3.05, 3.63) is 38.6 Å². The average Bonchev–Trinajstić information content (AvgIpc) is 2.46. The minimum atomic E-state index is 0.347. The van der Waals surface area contributed by atoms with Crippen LogP contribution in [0.4, 0.5) is 5.82 Å². The molecule has 1 N–H and O–H groups in total. The van der Waals surface area contributed by atoms with Gasteiger partial charge in [0.15, 0.2) is 5.82 Å². The number of anilines is 1. The summed E-state index contributed by atoms with van der Waals surface area (Å²) in [5.74, 6) is 1.98. The van der Waals surface area contributed by atoms with Gasteiger partial charge in [-0.25, -0.2) is 9.97 Å². The molecule has 1 heterocycles. The highest BCUT2D eigenvalue weighted by Crippen LogP contribution is 2.29. The third-order valence-electron chi connectivity index (χ3n) is 3.05. The summed E-state index contributed by atoms with van der Waals surface area (Å²) in [5.41, 5.74) is 2.01. The van der Waals surface area contributed by atoms with Crippen molar-refractivity contribution in [3.8, 4) is 11.4 Å². The zero-order valence-electron chi connectivity index (χ0n) is 12.5. The van der Waals surface area contributed by atoms with Crippen molar-refractivity contribution in [3.63, 3.8) is 0 Å². The van der Waals surface area contributed by atoms with E-state index in [0.29, 0.717) is 10.9 Å². The largest absolute Gasteiger partial charge is 0.369 e. The molecule has 1 aromatic carbocycles. The fraction of sp³-hybridized carbons (Fsp3) is 0.375. The maximum absolute atomic E-state index is 6.08. The van der Waals surface area contributed by atoms with Crippen molar-refractivity contribution < 1.29 is 0 Å². The summed E-state index contributed by atoms with van der Waals surface area (Å²) in [6.45, 7) is 7.34. The molecule has 0 unspecified atom stereocenters. The van der Waals surface area contributed by atoms with Gasteiger partial charge in [0.1, 0.15) is 5.82 Å². The SMILES string of the molecule is CCCNc1nc(-c2cccc(Cl)c2)nc(C(C)C)c1I. The second kappa shape index (κ2) is 7.40. The summed E-state index contributed by atoms with van der Waals surface area (Å²) in [5, 5.41) is 4.09. The number of nitrogens with zero attached hydrogens (tertiary/aromatic N) is 2. The Morgan fingerprint density at radius 1 is 1.29 bits per heavy atom. The van der Waals surface area contributed by atoms with Gasteiger partial charge in [0, 0.05) is 17.1 Å². The van der Waals surface area contributed by atoms with E-state index in [0.717, 1.165) is 39.4 Å². The number of aromatic nitrogens is 2. The minimum absolute atomic E-state index is 0.347. The minimum Gasteiger partial charge on any atom is -0.369 e. The molecule has 2 rings (SSSR count). The molecule has 0 amide bonds.